The molecule has 6 nitrogen and oxygen atoms in total. The Bertz CT molecular complexity index is 941. The highest BCUT2D eigenvalue weighted by Crippen LogP contribution is 2.16. The maximum atomic E-state index is 11.9. The molecule has 0 fully saturated rings. The number of halogens is 1. The molecule has 1 amide bonds. The fourth-order valence-corrected chi connectivity index (χ4v) is 2.90. The molecule has 3 rings (SSSR count). The van der Waals surface area contributed by atoms with Crippen molar-refractivity contribution in [3.05, 3.63) is 80.7 Å². The molecular formula is C18H12BrN3O3S. The van der Waals surface area contributed by atoms with Crippen molar-refractivity contribution < 1.29 is 14.3 Å². The van der Waals surface area contributed by atoms with Crippen LogP contribution in [0.2, 0.25) is 0 Å². The average Bonchev–Trinajstić information content (AvgIpc) is 3.18. The second kappa shape index (κ2) is 8.50. The van der Waals surface area contributed by atoms with Crippen LogP contribution in [0.1, 0.15) is 25.6 Å². The molecule has 1 N–H and O–H groups in total. The summed E-state index contributed by atoms with van der Waals surface area (Å²) in [6.45, 7) is 0. The maximum absolute atomic E-state index is 11.9. The van der Waals surface area contributed by atoms with E-state index in [2.05, 4.69) is 31.4 Å². The van der Waals surface area contributed by atoms with Crippen LogP contribution < -0.4 is 10.2 Å². The van der Waals surface area contributed by atoms with E-state index in [4.69, 9.17) is 4.74 Å². The first kappa shape index (κ1) is 18.0. The normalized spacial score (nSPS) is 10.7. The van der Waals surface area contributed by atoms with E-state index >= 15 is 0 Å². The van der Waals surface area contributed by atoms with Gasteiger partial charge in [-0.2, -0.15) is 5.10 Å². The Kier molecular flexibility index (Phi) is 5.88. The van der Waals surface area contributed by atoms with Crippen LogP contribution in [0, 0.1) is 0 Å². The lowest BCUT2D eigenvalue weighted by Gasteiger charge is -2.03. The van der Waals surface area contributed by atoms with Crippen LogP contribution in [-0.2, 0) is 0 Å². The van der Waals surface area contributed by atoms with Gasteiger partial charge in [0.15, 0.2) is 0 Å². The van der Waals surface area contributed by atoms with Crippen molar-refractivity contribution in [1.82, 2.24) is 10.4 Å². The smallest absolute Gasteiger partial charge is 0.353 e. The Morgan fingerprint density at radius 1 is 1.19 bits per heavy atom. The molecule has 2 heterocycles. The fraction of sp³-hybridized carbons (Fsp3) is 0. The van der Waals surface area contributed by atoms with Gasteiger partial charge in [-0.1, -0.05) is 6.07 Å². The number of carbonyl (C=O) groups is 2. The van der Waals surface area contributed by atoms with Crippen LogP contribution in [0.5, 0.6) is 5.75 Å². The van der Waals surface area contributed by atoms with E-state index in [0.29, 0.717) is 20.7 Å². The van der Waals surface area contributed by atoms with Crippen molar-refractivity contribution in [2.24, 2.45) is 5.10 Å². The van der Waals surface area contributed by atoms with Gasteiger partial charge < -0.3 is 4.74 Å². The zero-order valence-electron chi connectivity index (χ0n) is 13.3. The molecule has 0 aliphatic rings. The van der Waals surface area contributed by atoms with Gasteiger partial charge in [-0.3, -0.25) is 9.78 Å². The van der Waals surface area contributed by atoms with Gasteiger partial charge in [0.2, 0.25) is 0 Å². The third kappa shape index (κ3) is 4.84. The Labute approximate surface area is 161 Å². The van der Waals surface area contributed by atoms with E-state index in [1.807, 2.05) is 5.38 Å². The van der Waals surface area contributed by atoms with E-state index in [-0.39, 0.29) is 5.91 Å². The second-order valence-corrected chi connectivity index (χ2v) is 6.89. The summed E-state index contributed by atoms with van der Waals surface area (Å²) >= 11 is 4.58. The van der Waals surface area contributed by atoms with Gasteiger partial charge >= 0.3 is 5.97 Å². The zero-order chi connectivity index (χ0) is 18.4. The summed E-state index contributed by atoms with van der Waals surface area (Å²) in [6, 6.07) is 11.9. The van der Waals surface area contributed by atoms with E-state index in [1.54, 1.807) is 48.7 Å². The SMILES string of the molecule is O=C(NN=Cc1ccc(OC(=O)c2cccs2)cc1)c1cncc(Br)c1. The van der Waals surface area contributed by atoms with Gasteiger partial charge in [0, 0.05) is 16.9 Å². The predicted molar refractivity (Wildman–Crippen MR) is 103 cm³/mol. The van der Waals surface area contributed by atoms with Crippen LogP contribution in [0.4, 0.5) is 0 Å². The first-order valence-electron chi connectivity index (χ1n) is 7.41. The number of aromatic nitrogens is 1. The molecule has 0 aliphatic heterocycles. The van der Waals surface area contributed by atoms with Gasteiger partial charge in [-0.15, -0.1) is 11.3 Å². The van der Waals surface area contributed by atoms with Crippen LogP contribution in [0.15, 0.2) is 69.8 Å². The largest absolute Gasteiger partial charge is 0.422 e. The summed E-state index contributed by atoms with van der Waals surface area (Å²) in [5, 5.41) is 5.72. The Hall–Kier alpha value is -2.84. The number of hydrogen-bond acceptors (Lipinski definition) is 6. The van der Waals surface area contributed by atoms with Crippen LogP contribution in [0.3, 0.4) is 0 Å². The lowest BCUT2D eigenvalue weighted by molar-refractivity contribution is 0.0739. The average molecular weight is 430 g/mol. The lowest BCUT2D eigenvalue weighted by atomic mass is 10.2. The van der Waals surface area contributed by atoms with Crippen LogP contribution in [0.25, 0.3) is 0 Å². The van der Waals surface area contributed by atoms with Gasteiger partial charge in [0.25, 0.3) is 5.91 Å². The van der Waals surface area contributed by atoms with E-state index in [9.17, 15) is 9.59 Å². The van der Waals surface area contributed by atoms with E-state index < -0.39 is 5.97 Å². The number of nitrogens with zero attached hydrogens (tertiary/aromatic N) is 2. The van der Waals surface area contributed by atoms with Crippen molar-refractivity contribution in [2.75, 3.05) is 0 Å². The predicted octanol–water partition coefficient (Wildman–Crippen LogP) is 3.89. The number of thiophene rings is 1. The van der Waals surface area contributed by atoms with Gasteiger partial charge in [-0.25, -0.2) is 10.2 Å². The first-order chi connectivity index (χ1) is 12.6. The van der Waals surface area contributed by atoms with Crippen LogP contribution >= 0.6 is 27.3 Å². The quantitative estimate of drug-likeness (QED) is 0.288. The van der Waals surface area contributed by atoms with Crippen molar-refractivity contribution in [2.45, 2.75) is 0 Å². The summed E-state index contributed by atoms with van der Waals surface area (Å²) in [7, 11) is 0. The minimum Gasteiger partial charge on any atom is -0.422 e. The first-order valence-corrected chi connectivity index (χ1v) is 9.09. The van der Waals surface area contributed by atoms with Gasteiger partial charge in [0.05, 0.1) is 11.8 Å². The number of ether oxygens (including phenoxy) is 1. The standard InChI is InChI=1S/C18H12BrN3O3S/c19-14-8-13(10-20-11-14)17(23)22-21-9-12-3-5-15(6-4-12)25-18(24)16-2-1-7-26-16/h1-11H,(H,22,23). The Morgan fingerprint density at radius 3 is 2.69 bits per heavy atom. The molecule has 0 aliphatic carbocycles. The molecule has 0 saturated heterocycles. The van der Waals surface area contributed by atoms with Crippen molar-refractivity contribution in [3.63, 3.8) is 0 Å². The van der Waals surface area contributed by atoms with Crippen LogP contribution in [-0.4, -0.2) is 23.1 Å². The highest BCUT2D eigenvalue weighted by molar-refractivity contribution is 9.10. The van der Waals surface area contributed by atoms with Crippen molar-refractivity contribution in [3.8, 4) is 5.75 Å². The highest BCUT2D eigenvalue weighted by atomic mass is 79.9. The number of esters is 1. The molecular weight excluding hydrogens is 418 g/mol. The fourth-order valence-electron chi connectivity index (χ4n) is 1.94. The minimum absolute atomic E-state index is 0.364. The summed E-state index contributed by atoms with van der Waals surface area (Å²) in [5.74, 6) is -0.322. The molecule has 3 aromatic rings. The molecule has 1 aromatic carbocycles. The summed E-state index contributed by atoms with van der Waals surface area (Å²) in [4.78, 5) is 28.3. The molecule has 0 saturated carbocycles. The Morgan fingerprint density at radius 2 is 2.00 bits per heavy atom. The number of hydrogen-bond donors (Lipinski definition) is 1. The van der Waals surface area contributed by atoms with E-state index in [0.717, 1.165) is 5.56 Å². The third-order valence-electron chi connectivity index (χ3n) is 3.16. The van der Waals surface area contributed by atoms with Gasteiger partial charge in [-0.05, 0) is 63.3 Å². The number of pyridine rings is 1. The number of hydrazone groups is 1. The molecule has 130 valence electrons. The maximum Gasteiger partial charge on any atom is 0.353 e. The summed E-state index contributed by atoms with van der Waals surface area (Å²) < 4.78 is 5.98. The lowest BCUT2D eigenvalue weighted by Crippen LogP contribution is -2.17. The molecule has 8 heteroatoms. The Balaban J connectivity index is 1.56. The van der Waals surface area contributed by atoms with E-state index in [1.165, 1.54) is 23.7 Å². The minimum atomic E-state index is -0.392. The van der Waals surface area contributed by atoms with Crippen molar-refractivity contribution >= 4 is 45.4 Å². The number of benzene rings is 1. The number of carbonyl (C=O) groups excluding carboxylic acids is 2. The molecule has 0 radical (unpaired) electrons. The van der Waals surface area contributed by atoms with Gasteiger partial charge in [0.1, 0.15) is 10.6 Å². The molecule has 2 aromatic heterocycles. The number of nitrogens with one attached hydrogen (secondary N) is 1. The number of amides is 1. The molecule has 0 spiro atoms. The van der Waals surface area contributed by atoms with Crippen molar-refractivity contribution in [1.29, 1.82) is 0 Å². The summed E-state index contributed by atoms with van der Waals surface area (Å²) in [5.41, 5.74) is 3.57. The molecule has 0 unspecified atom stereocenters. The zero-order valence-corrected chi connectivity index (χ0v) is 15.7. The third-order valence-corrected chi connectivity index (χ3v) is 4.44. The topological polar surface area (TPSA) is 80.6 Å². The number of rotatable bonds is 5. The monoisotopic (exact) mass is 429 g/mol. The highest BCUT2D eigenvalue weighted by Gasteiger charge is 2.09. The summed E-state index contributed by atoms with van der Waals surface area (Å²) in [6.07, 6.45) is 4.54. The molecule has 0 atom stereocenters. The second-order valence-electron chi connectivity index (χ2n) is 5.03. The molecule has 0 bridgehead atoms. The molecule has 26 heavy (non-hydrogen) atoms.